The number of anilines is 2. The number of carbonyl (C=O) groups excluding carboxylic acids is 1. The van der Waals surface area contributed by atoms with Crippen LogP contribution in [0, 0.1) is 0 Å². The maximum absolute atomic E-state index is 11.6. The van der Waals surface area contributed by atoms with Crippen LogP contribution in [0.1, 0.15) is 31.5 Å². The van der Waals surface area contributed by atoms with Gasteiger partial charge in [0.05, 0.1) is 13.2 Å². The number of ether oxygens (including phenoxy) is 1. The predicted octanol–water partition coefficient (Wildman–Crippen LogP) is 0.960. The van der Waals surface area contributed by atoms with Crippen LogP contribution in [0.5, 0.6) is 0 Å². The number of hydrogen-bond acceptors (Lipinski definition) is 6. The number of amides is 1. The molecule has 0 bridgehead atoms. The van der Waals surface area contributed by atoms with Gasteiger partial charge >= 0.3 is 0 Å². The number of aromatic nitrogens is 2. The van der Waals surface area contributed by atoms with E-state index in [-0.39, 0.29) is 12.5 Å². The molecule has 1 fully saturated rings. The van der Waals surface area contributed by atoms with Gasteiger partial charge in [-0.3, -0.25) is 4.79 Å². The molecule has 2 rings (SSSR count). The van der Waals surface area contributed by atoms with Crippen LogP contribution in [0.2, 0.25) is 0 Å². The molecule has 1 heterocycles. The minimum atomic E-state index is -0.0800. The molecule has 0 aromatic carbocycles. The van der Waals surface area contributed by atoms with Crippen molar-refractivity contribution in [2.24, 2.45) is 0 Å². The molecule has 1 amide bonds. The van der Waals surface area contributed by atoms with Crippen LogP contribution in [0.4, 0.5) is 11.6 Å². The SMILES string of the molecule is CCNc1cc(NCC(=O)NCCOC)nc(C2CC2)n1. The van der Waals surface area contributed by atoms with Crippen molar-refractivity contribution >= 4 is 17.5 Å². The molecule has 0 saturated heterocycles. The first-order valence-electron chi connectivity index (χ1n) is 7.35. The first-order chi connectivity index (χ1) is 10.2. The number of nitrogens with zero attached hydrogens (tertiary/aromatic N) is 2. The highest BCUT2D eigenvalue weighted by Gasteiger charge is 2.27. The molecule has 0 aliphatic heterocycles. The predicted molar refractivity (Wildman–Crippen MR) is 81.5 cm³/mol. The molecule has 116 valence electrons. The van der Waals surface area contributed by atoms with Gasteiger partial charge in [-0.2, -0.15) is 0 Å². The van der Waals surface area contributed by atoms with E-state index in [2.05, 4.69) is 25.9 Å². The second-order valence-corrected chi connectivity index (χ2v) is 5.00. The van der Waals surface area contributed by atoms with Crippen molar-refractivity contribution in [2.75, 3.05) is 44.0 Å². The topological polar surface area (TPSA) is 88.2 Å². The molecule has 3 N–H and O–H groups in total. The molecule has 21 heavy (non-hydrogen) atoms. The fourth-order valence-electron chi connectivity index (χ4n) is 1.88. The number of hydrogen-bond donors (Lipinski definition) is 3. The molecule has 0 atom stereocenters. The highest BCUT2D eigenvalue weighted by atomic mass is 16.5. The van der Waals surface area contributed by atoms with Crippen molar-refractivity contribution in [1.82, 2.24) is 15.3 Å². The molecule has 1 aromatic heterocycles. The number of methoxy groups -OCH3 is 1. The highest BCUT2D eigenvalue weighted by Crippen LogP contribution is 2.38. The van der Waals surface area contributed by atoms with E-state index < -0.39 is 0 Å². The van der Waals surface area contributed by atoms with Crippen molar-refractivity contribution in [1.29, 1.82) is 0 Å². The summed E-state index contributed by atoms with van der Waals surface area (Å²) in [6.45, 7) is 4.04. The number of rotatable bonds is 9. The van der Waals surface area contributed by atoms with Crippen LogP contribution in [0.25, 0.3) is 0 Å². The van der Waals surface area contributed by atoms with Gasteiger partial charge in [-0.1, -0.05) is 0 Å². The second kappa shape index (κ2) is 7.78. The Labute approximate surface area is 124 Å². The average molecular weight is 293 g/mol. The third kappa shape index (κ3) is 5.18. The molecule has 7 nitrogen and oxygen atoms in total. The summed E-state index contributed by atoms with van der Waals surface area (Å²) >= 11 is 0. The van der Waals surface area contributed by atoms with Gasteiger partial charge in [0.25, 0.3) is 0 Å². The third-order valence-electron chi connectivity index (χ3n) is 3.10. The minimum absolute atomic E-state index is 0.0800. The Bertz CT molecular complexity index is 476. The average Bonchev–Trinajstić information content (AvgIpc) is 3.30. The molecule has 1 aliphatic carbocycles. The first kappa shape index (κ1) is 15.5. The summed E-state index contributed by atoms with van der Waals surface area (Å²) < 4.78 is 4.88. The molecule has 1 aliphatic rings. The zero-order valence-corrected chi connectivity index (χ0v) is 12.6. The minimum Gasteiger partial charge on any atom is -0.383 e. The van der Waals surface area contributed by atoms with Crippen molar-refractivity contribution in [3.05, 3.63) is 11.9 Å². The Hall–Kier alpha value is -1.89. The van der Waals surface area contributed by atoms with Gasteiger partial charge < -0.3 is 20.7 Å². The van der Waals surface area contributed by atoms with Crippen LogP contribution in [0.15, 0.2) is 6.07 Å². The monoisotopic (exact) mass is 293 g/mol. The van der Waals surface area contributed by atoms with E-state index in [9.17, 15) is 4.79 Å². The molecule has 7 heteroatoms. The largest absolute Gasteiger partial charge is 0.383 e. The van der Waals surface area contributed by atoms with Crippen LogP contribution in [-0.4, -0.2) is 49.2 Å². The van der Waals surface area contributed by atoms with E-state index in [1.165, 1.54) is 0 Å². The van der Waals surface area contributed by atoms with E-state index in [4.69, 9.17) is 4.74 Å². The Morgan fingerprint density at radius 3 is 2.67 bits per heavy atom. The molecule has 0 unspecified atom stereocenters. The van der Waals surface area contributed by atoms with Crippen LogP contribution < -0.4 is 16.0 Å². The molecule has 1 aromatic rings. The van der Waals surface area contributed by atoms with E-state index in [1.807, 2.05) is 13.0 Å². The molecular formula is C14H23N5O2. The lowest BCUT2D eigenvalue weighted by molar-refractivity contribution is -0.119. The van der Waals surface area contributed by atoms with Crippen LogP contribution in [0.3, 0.4) is 0 Å². The zero-order chi connectivity index (χ0) is 15.1. The van der Waals surface area contributed by atoms with Gasteiger partial charge in [0.1, 0.15) is 17.5 Å². The number of nitrogens with one attached hydrogen (secondary N) is 3. The van der Waals surface area contributed by atoms with Crippen molar-refractivity contribution in [3.8, 4) is 0 Å². The van der Waals surface area contributed by atoms with Gasteiger partial charge in [-0.15, -0.1) is 0 Å². The lowest BCUT2D eigenvalue weighted by Gasteiger charge is -2.10. The van der Waals surface area contributed by atoms with Gasteiger partial charge in [-0.05, 0) is 19.8 Å². The summed E-state index contributed by atoms with van der Waals surface area (Å²) in [6, 6.07) is 1.83. The molecule has 0 spiro atoms. The van der Waals surface area contributed by atoms with Crippen molar-refractivity contribution in [2.45, 2.75) is 25.7 Å². The van der Waals surface area contributed by atoms with E-state index in [0.29, 0.717) is 24.9 Å². The summed E-state index contributed by atoms with van der Waals surface area (Å²) in [6.07, 6.45) is 2.29. The van der Waals surface area contributed by atoms with Gasteiger partial charge in [0, 0.05) is 32.2 Å². The van der Waals surface area contributed by atoms with E-state index in [1.54, 1.807) is 7.11 Å². The van der Waals surface area contributed by atoms with Crippen molar-refractivity contribution in [3.63, 3.8) is 0 Å². The lowest BCUT2D eigenvalue weighted by Crippen LogP contribution is -2.32. The molecule has 0 radical (unpaired) electrons. The summed E-state index contributed by atoms with van der Waals surface area (Å²) in [5.74, 6) is 2.74. The Balaban J connectivity index is 1.90. The second-order valence-electron chi connectivity index (χ2n) is 5.00. The quantitative estimate of drug-likeness (QED) is 0.588. The van der Waals surface area contributed by atoms with Gasteiger partial charge in [0.15, 0.2) is 0 Å². The molecular weight excluding hydrogens is 270 g/mol. The van der Waals surface area contributed by atoms with Gasteiger partial charge in [-0.25, -0.2) is 9.97 Å². The number of carbonyl (C=O) groups is 1. The summed E-state index contributed by atoms with van der Waals surface area (Å²) in [5.41, 5.74) is 0. The summed E-state index contributed by atoms with van der Waals surface area (Å²) in [7, 11) is 1.60. The van der Waals surface area contributed by atoms with E-state index in [0.717, 1.165) is 31.0 Å². The third-order valence-corrected chi connectivity index (χ3v) is 3.10. The Morgan fingerprint density at radius 1 is 1.33 bits per heavy atom. The van der Waals surface area contributed by atoms with Crippen LogP contribution in [-0.2, 0) is 9.53 Å². The maximum Gasteiger partial charge on any atom is 0.239 e. The van der Waals surface area contributed by atoms with Gasteiger partial charge in [0.2, 0.25) is 5.91 Å². The fourth-order valence-corrected chi connectivity index (χ4v) is 1.88. The highest BCUT2D eigenvalue weighted by molar-refractivity contribution is 5.80. The maximum atomic E-state index is 11.6. The fraction of sp³-hybridized carbons (Fsp3) is 0.643. The Morgan fingerprint density at radius 2 is 2.05 bits per heavy atom. The summed E-state index contributed by atoms with van der Waals surface area (Å²) in [4.78, 5) is 20.6. The standard InChI is InChI=1S/C14H23N5O2/c1-3-15-11-8-12(19-14(18-11)10-4-5-10)17-9-13(20)16-6-7-21-2/h8,10H,3-7,9H2,1-2H3,(H,16,20)(H2,15,17,18,19). The lowest BCUT2D eigenvalue weighted by atomic mass is 10.3. The van der Waals surface area contributed by atoms with Crippen molar-refractivity contribution < 1.29 is 9.53 Å². The van der Waals surface area contributed by atoms with Crippen LogP contribution >= 0.6 is 0 Å². The smallest absolute Gasteiger partial charge is 0.239 e. The van der Waals surface area contributed by atoms with E-state index >= 15 is 0 Å². The first-order valence-corrected chi connectivity index (χ1v) is 7.35. The normalized spacial score (nSPS) is 13.8. The Kier molecular flexibility index (Phi) is 5.74. The zero-order valence-electron chi connectivity index (χ0n) is 12.6. The molecule has 1 saturated carbocycles. The summed E-state index contributed by atoms with van der Waals surface area (Å²) in [5, 5.41) is 9.00.